The van der Waals surface area contributed by atoms with Crippen molar-refractivity contribution in [1.82, 2.24) is 18.9 Å². The second kappa shape index (κ2) is 14.3. The number of nitrogens with one attached hydrogen (secondary N) is 1. The first-order chi connectivity index (χ1) is 21.0. The number of halogens is 1. The van der Waals surface area contributed by atoms with Crippen molar-refractivity contribution in [3.8, 4) is 0 Å². The van der Waals surface area contributed by atoms with Crippen molar-refractivity contribution in [2.75, 3.05) is 33.0 Å². The molecule has 0 aliphatic rings. The van der Waals surface area contributed by atoms with Crippen LogP contribution in [0.25, 0.3) is 10.9 Å². The maximum atomic E-state index is 14.1. The predicted molar refractivity (Wildman–Crippen MR) is 167 cm³/mol. The van der Waals surface area contributed by atoms with Gasteiger partial charge in [-0.05, 0) is 60.9 Å². The lowest BCUT2D eigenvalue weighted by atomic mass is 10.0. The molecule has 1 atom stereocenters. The van der Waals surface area contributed by atoms with Gasteiger partial charge in [-0.15, -0.1) is 0 Å². The van der Waals surface area contributed by atoms with E-state index < -0.39 is 23.5 Å². The molecule has 2 aromatic heterocycles. The lowest BCUT2D eigenvalue weighted by molar-refractivity contribution is -0.123. The highest BCUT2D eigenvalue weighted by atomic mass is 19.1. The number of hydrogen-bond donors (Lipinski definition) is 2. The second-order valence-corrected chi connectivity index (χ2v) is 10.8. The number of allylic oxidation sites excluding steroid dienone is 1. The quantitative estimate of drug-likeness (QED) is 0.230. The zero-order valence-corrected chi connectivity index (χ0v) is 24.9. The van der Waals surface area contributed by atoms with Crippen LogP contribution in [0.3, 0.4) is 0 Å². The Morgan fingerprint density at radius 1 is 1.00 bits per heavy atom. The van der Waals surface area contributed by atoms with E-state index in [4.69, 9.17) is 0 Å². The SMILES string of the molecule is CN(C)C(=O)/C=C/CC[C@@H](CN(C)C(=O)O)C(=O)Nc1cccn(Cc2cc3cc(F)ccc3n2Cc2ccccc2)c1=O. The first kappa shape index (κ1) is 31.7. The van der Waals surface area contributed by atoms with Crippen LogP contribution in [0.15, 0.2) is 89.9 Å². The Balaban J connectivity index is 1.57. The number of carboxylic acid groups (broad SMARTS) is 1. The molecule has 10 nitrogen and oxygen atoms in total. The second-order valence-electron chi connectivity index (χ2n) is 10.8. The van der Waals surface area contributed by atoms with Crippen molar-refractivity contribution in [3.63, 3.8) is 0 Å². The van der Waals surface area contributed by atoms with E-state index in [1.807, 2.05) is 41.0 Å². The summed E-state index contributed by atoms with van der Waals surface area (Å²) in [6, 6.07) is 19.4. The number of fused-ring (bicyclic) bond motifs is 1. The minimum absolute atomic E-state index is 0.0515. The normalized spacial score (nSPS) is 11.9. The van der Waals surface area contributed by atoms with Gasteiger partial charge in [-0.2, -0.15) is 0 Å². The third-order valence-corrected chi connectivity index (χ3v) is 7.32. The molecule has 0 aliphatic heterocycles. The van der Waals surface area contributed by atoms with Crippen molar-refractivity contribution in [3.05, 3.63) is 113 Å². The number of amides is 3. The molecule has 0 aliphatic carbocycles. The highest BCUT2D eigenvalue weighted by Gasteiger charge is 2.23. The minimum atomic E-state index is -1.19. The van der Waals surface area contributed by atoms with E-state index in [0.717, 1.165) is 21.7 Å². The molecule has 0 fully saturated rings. The number of pyridine rings is 1. The Bertz CT molecular complexity index is 1730. The Hall–Kier alpha value is -5.19. The number of aromatic nitrogens is 2. The van der Waals surface area contributed by atoms with E-state index in [9.17, 15) is 28.7 Å². The molecule has 0 radical (unpaired) electrons. The van der Waals surface area contributed by atoms with Crippen LogP contribution in [0.1, 0.15) is 24.1 Å². The topological polar surface area (TPSA) is 117 Å². The summed E-state index contributed by atoms with van der Waals surface area (Å²) in [6.07, 6.45) is 4.09. The van der Waals surface area contributed by atoms with Gasteiger partial charge >= 0.3 is 6.09 Å². The number of carbonyl (C=O) groups is 3. The molecule has 2 heterocycles. The fourth-order valence-corrected chi connectivity index (χ4v) is 4.89. The average Bonchev–Trinajstić information content (AvgIpc) is 3.31. The molecule has 2 aromatic carbocycles. The van der Waals surface area contributed by atoms with Gasteiger partial charge in [-0.25, -0.2) is 9.18 Å². The number of carbonyl (C=O) groups excluding carboxylic acids is 2. The molecule has 3 amide bonds. The minimum Gasteiger partial charge on any atom is -0.465 e. The van der Waals surface area contributed by atoms with Gasteiger partial charge in [0.05, 0.1) is 12.5 Å². The van der Waals surface area contributed by atoms with E-state index in [2.05, 4.69) is 5.32 Å². The number of nitrogens with zero attached hydrogens (tertiary/aromatic N) is 4. The fourth-order valence-electron chi connectivity index (χ4n) is 4.89. The van der Waals surface area contributed by atoms with E-state index in [1.54, 1.807) is 38.5 Å². The predicted octanol–water partition coefficient (Wildman–Crippen LogP) is 4.63. The highest BCUT2D eigenvalue weighted by molar-refractivity contribution is 5.92. The largest absolute Gasteiger partial charge is 0.465 e. The van der Waals surface area contributed by atoms with Crippen molar-refractivity contribution in [2.45, 2.75) is 25.9 Å². The smallest absolute Gasteiger partial charge is 0.407 e. The molecular formula is C33H36FN5O5. The van der Waals surface area contributed by atoms with E-state index in [0.29, 0.717) is 18.4 Å². The van der Waals surface area contributed by atoms with Crippen molar-refractivity contribution >= 4 is 34.5 Å². The lowest BCUT2D eigenvalue weighted by Gasteiger charge is -2.21. The zero-order chi connectivity index (χ0) is 31.8. The Labute approximate surface area is 254 Å². The summed E-state index contributed by atoms with van der Waals surface area (Å²) in [5, 5.41) is 12.8. The van der Waals surface area contributed by atoms with Crippen LogP contribution in [-0.2, 0) is 22.7 Å². The van der Waals surface area contributed by atoms with Crippen LogP contribution < -0.4 is 10.9 Å². The van der Waals surface area contributed by atoms with Crippen molar-refractivity contribution in [1.29, 1.82) is 0 Å². The lowest BCUT2D eigenvalue weighted by Crippen LogP contribution is -2.37. The maximum absolute atomic E-state index is 14.1. The number of hydrogen-bond acceptors (Lipinski definition) is 4. The van der Waals surface area contributed by atoms with Gasteiger partial charge in [0.1, 0.15) is 11.5 Å². The Morgan fingerprint density at radius 3 is 2.45 bits per heavy atom. The summed E-state index contributed by atoms with van der Waals surface area (Å²) in [4.78, 5) is 52.6. The monoisotopic (exact) mass is 601 g/mol. The number of anilines is 1. The fraction of sp³-hybridized carbons (Fsp3) is 0.273. The molecule has 230 valence electrons. The molecule has 11 heteroatoms. The van der Waals surface area contributed by atoms with Crippen LogP contribution in [0.4, 0.5) is 14.9 Å². The highest BCUT2D eigenvalue weighted by Crippen LogP contribution is 2.23. The average molecular weight is 602 g/mol. The molecule has 4 aromatic rings. The Kier molecular flexibility index (Phi) is 10.3. The van der Waals surface area contributed by atoms with Gasteiger partial charge in [-0.1, -0.05) is 36.4 Å². The van der Waals surface area contributed by atoms with Crippen LogP contribution >= 0.6 is 0 Å². The molecule has 4 rings (SSSR count). The van der Waals surface area contributed by atoms with E-state index >= 15 is 0 Å². The first-order valence-electron chi connectivity index (χ1n) is 14.2. The van der Waals surface area contributed by atoms with Gasteiger partial charge in [-0.3, -0.25) is 14.4 Å². The van der Waals surface area contributed by atoms with Gasteiger partial charge in [0.15, 0.2) is 0 Å². The third kappa shape index (κ3) is 8.00. The van der Waals surface area contributed by atoms with Crippen LogP contribution in [0.2, 0.25) is 0 Å². The molecule has 2 N–H and O–H groups in total. The Morgan fingerprint density at radius 2 is 1.75 bits per heavy atom. The van der Waals surface area contributed by atoms with E-state index in [1.165, 1.54) is 40.8 Å². The molecule has 44 heavy (non-hydrogen) atoms. The van der Waals surface area contributed by atoms with Gasteiger partial charge in [0.2, 0.25) is 11.8 Å². The number of rotatable bonds is 12. The molecule has 0 bridgehead atoms. The number of benzene rings is 2. The zero-order valence-electron chi connectivity index (χ0n) is 24.9. The first-order valence-corrected chi connectivity index (χ1v) is 14.2. The summed E-state index contributed by atoms with van der Waals surface area (Å²) < 4.78 is 17.6. The van der Waals surface area contributed by atoms with Crippen molar-refractivity contribution < 1.29 is 23.9 Å². The molecule has 0 unspecified atom stereocenters. The van der Waals surface area contributed by atoms with Crippen LogP contribution in [0, 0.1) is 11.7 Å². The van der Waals surface area contributed by atoms with Crippen molar-refractivity contribution in [2.24, 2.45) is 5.92 Å². The third-order valence-electron chi connectivity index (χ3n) is 7.32. The summed E-state index contributed by atoms with van der Waals surface area (Å²) in [7, 11) is 4.62. The summed E-state index contributed by atoms with van der Waals surface area (Å²) >= 11 is 0. The van der Waals surface area contributed by atoms with Gasteiger partial charge < -0.3 is 29.4 Å². The van der Waals surface area contributed by atoms with Gasteiger partial charge in [0, 0.05) is 57.0 Å². The molecule has 0 saturated carbocycles. The number of likely N-dealkylation sites (N-methyl/N-ethyl adjacent to an activating group) is 1. The van der Waals surface area contributed by atoms with Crippen LogP contribution in [-0.4, -0.2) is 69.6 Å². The summed E-state index contributed by atoms with van der Waals surface area (Å²) in [5.41, 5.74) is 2.26. The van der Waals surface area contributed by atoms with Crippen LogP contribution in [0.5, 0.6) is 0 Å². The van der Waals surface area contributed by atoms with E-state index in [-0.39, 0.29) is 36.9 Å². The molecule has 0 spiro atoms. The summed E-state index contributed by atoms with van der Waals surface area (Å²) in [6.45, 7) is 0.596. The maximum Gasteiger partial charge on any atom is 0.407 e. The van der Waals surface area contributed by atoms with Gasteiger partial charge in [0.25, 0.3) is 5.56 Å². The standard InChI is InChI=1S/C33H36FN5O5/c1-36(2)30(40)14-8-7-12-24(21-37(3)33(43)44)31(41)35-28-13-9-17-38(32(28)42)22-27-19-25-18-26(34)15-16-29(25)39(27)20-23-10-5-4-6-11-23/h4-6,8-11,13-19,24H,7,12,20-22H2,1-3H3,(H,35,41)(H,43,44)/b14-8+/t24-/m0/s1. The molecular weight excluding hydrogens is 565 g/mol. The molecule has 0 saturated heterocycles. The summed E-state index contributed by atoms with van der Waals surface area (Å²) in [5.74, 6) is -1.84.